The molecular weight excluding hydrogens is 280 g/mol. The van der Waals surface area contributed by atoms with Crippen LogP contribution in [-0.2, 0) is 13.0 Å². The second kappa shape index (κ2) is 8.15. The highest BCUT2D eigenvalue weighted by Crippen LogP contribution is 2.30. The third-order valence-corrected chi connectivity index (χ3v) is 4.32. The van der Waals surface area contributed by atoms with E-state index in [1.807, 2.05) is 19.2 Å². The van der Waals surface area contributed by atoms with Crippen molar-refractivity contribution in [3.63, 3.8) is 0 Å². The minimum absolute atomic E-state index is 0.767. The number of hydrogen-bond donors (Lipinski definition) is 1. The molecule has 0 aliphatic carbocycles. The Morgan fingerprint density at radius 1 is 1.14 bits per heavy atom. The fraction of sp³-hybridized carbons (Fsp3) is 0.471. The molecule has 4 heteroatoms. The molecule has 0 spiro atoms. The van der Waals surface area contributed by atoms with Crippen LogP contribution in [-0.4, -0.2) is 18.6 Å². The fourth-order valence-electron chi connectivity index (χ4n) is 2.15. The lowest BCUT2D eigenvalue weighted by molar-refractivity contribution is 0.317. The first-order valence-electron chi connectivity index (χ1n) is 7.64. The number of nitrogens with one attached hydrogen (secondary N) is 1. The van der Waals surface area contributed by atoms with Gasteiger partial charge in [-0.15, -0.1) is 11.3 Å². The van der Waals surface area contributed by atoms with Crippen molar-refractivity contribution < 1.29 is 4.74 Å². The van der Waals surface area contributed by atoms with Crippen molar-refractivity contribution in [2.45, 2.75) is 39.7 Å². The van der Waals surface area contributed by atoms with Crippen LogP contribution in [0.2, 0.25) is 0 Å². The van der Waals surface area contributed by atoms with Crippen LogP contribution in [0.3, 0.4) is 0 Å². The molecule has 0 saturated carbocycles. The lowest BCUT2D eigenvalue weighted by Gasteiger charge is -2.04. The average Bonchev–Trinajstić information content (AvgIpc) is 2.90. The quantitative estimate of drug-likeness (QED) is 0.791. The molecule has 2 rings (SSSR count). The zero-order valence-corrected chi connectivity index (χ0v) is 13.9. The number of benzene rings is 1. The summed E-state index contributed by atoms with van der Waals surface area (Å²) in [5, 5.41) is 4.33. The second-order valence-corrected chi connectivity index (χ2v) is 6.13. The van der Waals surface area contributed by atoms with E-state index in [4.69, 9.17) is 9.72 Å². The largest absolute Gasteiger partial charge is 0.494 e. The number of aryl methyl sites for hydroxylation is 1. The summed E-state index contributed by atoms with van der Waals surface area (Å²) in [5.74, 6) is 0.932. The van der Waals surface area contributed by atoms with E-state index >= 15 is 0 Å². The van der Waals surface area contributed by atoms with Gasteiger partial charge in [-0.2, -0.15) is 0 Å². The Bertz CT molecular complexity index is 525. The van der Waals surface area contributed by atoms with E-state index in [1.54, 1.807) is 11.3 Å². The van der Waals surface area contributed by atoms with Crippen molar-refractivity contribution in [2.75, 3.05) is 13.7 Å². The van der Waals surface area contributed by atoms with Crippen LogP contribution in [0.5, 0.6) is 5.75 Å². The molecule has 1 aromatic carbocycles. The topological polar surface area (TPSA) is 34.1 Å². The lowest BCUT2D eigenvalue weighted by Crippen LogP contribution is -2.05. The van der Waals surface area contributed by atoms with Crippen LogP contribution in [0.1, 0.15) is 37.3 Å². The van der Waals surface area contributed by atoms with Gasteiger partial charge in [0, 0.05) is 17.0 Å². The van der Waals surface area contributed by atoms with Gasteiger partial charge in [-0.25, -0.2) is 4.98 Å². The maximum absolute atomic E-state index is 5.63. The third kappa shape index (κ3) is 4.29. The highest BCUT2D eigenvalue weighted by Gasteiger charge is 2.11. The summed E-state index contributed by atoms with van der Waals surface area (Å²) in [7, 11) is 1.98. The van der Waals surface area contributed by atoms with Gasteiger partial charge in [0.05, 0.1) is 12.3 Å². The molecule has 0 aliphatic heterocycles. The van der Waals surface area contributed by atoms with Crippen LogP contribution in [0.25, 0.3) is 10.6 Å². The lowest BCUT2D eigenvalue weighted by atomic mass is 10.2. The number of aromatic nitrogens is 1. The minimum Gasteiger partial charge on any atom is -0.494 e. The van der Waals surface area contributed by atoms with Crippen molar-refractivity contribution in [2.24, 2.45) is 0 Å². The zero-order chi connectivity index (χ0) is 15.1. The molecule has 3 nitrogen and oxygen atoms in total. The Balaban J connectivity index is 2.18. The predicted octanol–water partition coefficient (Wildman–Crippen LogP) is 4.27. The zero-order valence-electron chi connectivity index (χ0n) is 13.1. The van der Waals surface area contributed by atoms with Crippen molar-refractivity contribution in [1.29, 1.82) is 0 Å². The SMILES string of the molecule is CCCOc1ccc(-c2nc(CCC)c(CNC)s2)cc1. The van der Waals surface area contributed by atoms with Crippen molar-refractivity contribution in [3.8, 4) is 16.3 Å². The first kappa shape index (κ1) is 16.0. The first-order valence-corrected chi connectivity index (χ1v) is 8.46. The first-order chi connectivity index (χ1) is 10.3. The Kier molecular flexibility index (Phi) is 6.21. The van der Waals surface area contributed by atoms with E-state index in [2.05, 4.69) is 31.3 Å². The summed E-state index contributed by atoms with van der Waals surface area (Å²) >= 11 is 1.79. The Morgan fingerprint density at radius 3 is 2.52 bits per heavy atom. The summed E-state index contributed by atoms with van der Waals surface area (Å²) < 4.78 is 5.63. The van der Waals surface area contributed by atoms with Gasteiger partial charge in [-0.05, 0) is 44.2 Å². The Morgan fingerprint density at radius 2 is 1.90 bits per heavy atom. The van der Waals surface area contributed by atoms with Gasteiger partial charge in [-0.1, -0.05) is 20.3 Å². The van der Waals surface area contributed by atoms with Gasteiger partial charge in [-0.3, -0.25) is 0 Å². The van der Waals surface area contributed by atoms with Gasteiger partial charge in [0.25, 0.3) is 0 Å². The summed E-state index contributed by atoms with van der Waals surface area (Å²) in [4.78, 5) is 6.17. The summed E-state index contributed by atoms with van der Waals surface area (Å²) in [6, 6.07) is 8.26. The monoisotopic (exact) mass is 304 g/mol. The van der Waals surface area contributed by atoms with E-state index in [0.717, 1.165) is 43.2 Å². The third-order valence-electron chi connectivity index (χ3n) is 3.18. The molecule has 0 amide bonds. The standard InChI is InChI=1S/C17H24N2OS/c1-4-6-15-16(12-18-3)21-17(19-15)13-7-9-14(10-8-13)20-11-5-2/h7-10,18H,4-6,11-12H2,1-3H3. The Labute approximate surface area is 131 Å². The number of hydrogen-bond acceptors (Lipinski definition) is 4. The Hall–Kier alpha value is -1.39. The number of nitrogens with zero attached hydrogens (tertiary/aromatic N) is 1. The molecule has 1 aromatic heterocycles. The number of thiazole rings is 1. The van der Waals surface area contributed by atoms with E-state index in [1.165, 1.54) is 16.1 Å². The molecular formula is C17H24N2OS. The molecule has 114 valence electrons. The van der Waals surface area contributed by atoms with Crippen molar-refractivity contribution in [3.05, 3.63) is 34.8 Å². The molecule has 0 saturated heterocycles. The smallest absolute Gasteiger partial charge is 0.123 e. The van der Waals surface area contributed by atoms with E-state index in [0.29, 0.717) is 0 Å². The maximum atomic E-state index is 5.63. The van der Waals surface area contributed by atoms with Gasteiger partial charge >= 0.3 is 0 Å². The van der Waals surface area contributed by atoms with Gasteiger partial charge in [0.2, 0.25) is 0 Å². The van der Waals surface area contributed by atoms with Gasteiger partial charge in [0.1, 0.15) is 10.8 Å². The van der Waals surface area contributed by atoms with Crippen LogP contribution >= 0.6 is 11.3 Å². The summed E-state index contributed by atoms with van der Waals surface area (Å²) in [6.07, 6.45) is 3.21. The summed E-state index contributed by atoms with van der Waals surface area (Å²) in [5.41, 5.74) is 2.40. The molecule has 0 bridgehead atoms. The fourth-order valence-corrected chi connectivity index (χ4v) is 3.28. The molecule has 0 atom stereocenters. The van der Waals surface area contributed by atoms with E-state index in [-0.39, 0.29) is 0 Å². The molecule has 0 fully saturated rings. The second-order valence-electron chi connectivity index (χ2n) is 5.04. The number of ether oxygens (including phenoxy) is 1. The summed E-state index contributed by atoms with van der Waals surface area (Å²) in [6.45, 7) is 5.97. The molecule has 1 N–H and O–H groups in total. The molecule has 0 unspecified atom stereocenters. The highest BCUT2D eigenvalue weighted by atomic mass is 32.1. The molecule has 2 aromatic rings. The predicted molar refractivity (Wildman–Crippen MR) is 90.1 cm³/mol. The highest BCUT2D eigenvalue weighted by molar-refractivity contribution is 7.15. The molecule has 1 heterocycles. The van der Waals surface area contributed by atoms with Crippen LogP contribution in [0.4, 0.5) is 0 Å². The van der Waals surface area contributed by atoms with Crippen molar-refractivity contribution in [1.82, 2.24) is 10.3 Å². The van der Waals surface area contributed by atoms with Gasteiger partial charge in [0.15, 0.2) is 0 Å². The average molecular weight is 304 g/mol. The van der Waals surface area contributed by atoms with Crippen LogP contribution in [0, 0.1) is 0 Å². The molecule has 0 radical (unpaired) electrons. The van der Waals surface area contributed by atoms with Gasteiger partial charge < -0.3 is 10.1 Å². The number of rotatable bonds is 8. The normalized spacial score (nSPS) is 10.8. The minimum atomic E-state index is 0.767. The van der Waals surface area contributed by atoms with Crippen LogP contribution < -0.4 is 10.1 Å². The molecule has 21 heavy (non-hydrogen) atoms. The van der Waals surface area contributed by atoms with E-state index in [9.17, 15) is 0 Å². The van der Waals surface area contributed by atoms with Crippen LogP contribution in [0.15, 0.2) is 24.3 Å². The van der Waals surface area contributed by atoms with E-state index < -0.39 is 0 Å². The maximum Gasteiger partial charge on any atom is 0.123 e. The van der Waals surface area contributed by atoms with Crippen molar-refractivity contribution >= 4 is 11.3 Å². The molecule has 0 aliphatic rings.